The van der Waals surface area contributed by atoms with Crippen molar-refractivity contribution in [2.24, 2.45) is 0 Å². The van der Waals surface area contributed by atoms with Crippen molar-refractivity contribution in [1.82, 2.24) is 4.98 Å². The molecular weight excluding hydrogens is 224 g/mol. The molecule has 0 aliphatic carbocycles. The molecule has 1 N–H and O–H groups in total. The summed E-state index contributed by atoms with van der Waals surface area (Å²) in [4.78, 5) is 14.9. The quantitative estimate of drug-likeness (QED) is 0.627. The molecule has 82 valence electrons. The highest BCUT2D eigenvalue weighted by molar-refractivity contribution is 7.97. The van der Waals surface area contributed by atoms with Gasteiger partial charge < -0.3 is 5.32 Å². The monoisotopic (exact) mass is 240 g/mol. The van der Waals surface area contributed by atoms with Crippen LogP contribution in [0.5, 0.6) is 0 Å². The first-order chi connectivity index (χ1) is 6.88. The van der Waals surface area contributed by atoms with Crippen LogP contribution >= 0.6 is 12.6 Å². The largest absolute Gasteiger partial charge is 0.387 e. The zero-order valence-corrected chi connectivity index (χ0v) is 11.1. The Morgan fingerprint density at radius 3 is 2.53 bits per heavy atom. The number of hydrogen-bond acceptors (Lipinski definition) is 3. The topological polar surface area (TPSA) is 42.0 Å². The summed E-state index contributed by atoms with van der Waals surface area (Å²) in [6.07, 6.45) is 2.67. The van der Waals surface area contributed by atoms with Crippen molar-refractivity contribution >= 4 is 31.5 Å². The van der Waals surface area contributed by atoms with E-state index in [1.165, 1.54) is 0 Å². The molecule has 0 atom stereocenters. The number of pyridine rings is 1. The molecule has 1 rings (SSSR count). The molecule has 0 radical (unpaired) electrons. The molecule has 1 aromatic heterocycles. The standard InChI is InChI=1S/C10H16N2OSSi/c1-15(2,3)7-12-8-4-5-9(10(13)14)11-6-8/h4-6,12H,7H2,1-3H3,(H,13,14). The smallest absolute Gasteiger partial charge is 0.234 e. The summed E-state index contributed by atoms with van der Waals surface area (Å²) < 4.78 is 0. The second-order valence-corrected chi connectivity index (χ2v) is 10.5. The van der Waals surface area contributed by atoms with Gasteiger partial charge in [-0.2, -0.15) is 0 Å². The molecule has 0 saturated carbocycles. The number of carbonyl (C=O) groups excluding carboxylic acids is 1. The maximum Gasteiger partial charge on any atom is 0.234 e. The number of hydrogen-bond donors (Lipinski definition) is 2. The Hall–Kier alpha value is -0.813. The van der Waals surface area contributed by atoms with Gasteiger partial charge in [0.15, 0.2) is 0 Å². The molecule has 3 nitrogen and oxygen atoms in total. The van der Waals surface area contributed by atoms with Crippen LogP contribution in [0.25, 0.3) is 0 Å². The summed E-state index contributed by atoms with van der Waals surface area (Å²) in [6, 6.07) is 3.54. The van der Waals surface area contributed by atoms with Crippen LogP contribution < -0.4 is 5.32 Å². The molecule has 0 saturated heterocycles. The fourth-order valence-corrected chi connectivity index (χ4v) is 1.86. The van der Waals surface area contributed by atoms with Gasteiger partial charge in [0.25, 0.3) is 0 Å². The van der Waals surface area contributed by atoms with Gasteiger partial charge in [0.1, 0.15) is 5.69 Å². The number of thiol groups is 1. The van der Waals surface area contributed by atoms with Gasteiger partial charge in [-0.25, -0.2) is 0 Å². The molecule has 15 heavy (non-hydrogen) atoms. The van der Waals surface area contributed by atoms with Crippen LogP contribution in [0.1, 0.15) is 10.5 Å². The van der Waals surface area contributed by atoms with E-state index in [4.69, 9.17) is 0 Å². The van der Waals surface area contributed by atoms with Crippen molar-refractivity contribution in [2.45, 2.75) is 19.6 Å². The van der Waals surface area contributed by atoms with Crippen LogP contribution in [0.15, 0.2) is 18.3 Å². The van der Waals surface area contributed by atoms with Crippen LogP contribution in [-0.4, -0.2) is 24.3 Å². The number of nitrogens with zero attached hydrogens (tertiary/aromatic N) is 1. The van der Waals surface area contributed by atoms with E-state index in [0.717, 1.165) is 11.9 Å². The summed E-state index contributed by atoms with van der Waals surface area (Å²) in [5.74, 6) is 0. The molecule has 1 heterocycles. The van der Waals surface area contributed by atoms with Gasteiger partial charge in [0, 0.05) is 6.17 Å². The normalized spacial score (nSPS) is 11.2. The molecule has 0 fully saturated rings. The van der Waals surface area contributed by atoms with Crippen molar-refractivity contribution in [3.05, 3.63) is 24.0 Å². The van der Waals surface area contributed by atoms with Crippen LogP contribution in [-0.2, 0) is 0 Å². The molecule has 0 unspecified atom stereocenters. The summed E-state index contributed by atoms with van der Waals surface area (Å²) in [6.45, 7) is 6.87. The second-order valence-electron chi connectivity index (χ2n) is 4.65. The van der Waals surface area contributed by atoms with E-state index < -0.39 is 8.07 Å². The first-order valence-corrected chi connectivity index (χ1v) is 8.97. The molecule has 0 aromatic carbocycles. The van der Waals surface area contributed by atoms with Gasteiger partial charge >= 0.3 is 0 Å². The minimum absolute atomic E-state index is 0.299. The Morgan fingerprint density at radius 2 is 2.13 bits per heavy atom. The van der Waals surface area contributed by atoms with Gasteiger partial charge in [0.2, 0.25) is 5.12 Å². The fraction of sp³-hybridized carbons (Fsp3) is 0.400. The lowest BCUT2D eigenvalue weighted by Gasteiger charge is -2.17. The lowest BCUT2D eigenvalue weighted by Crippen LogP contribution is -2.31. The molecule has 0 aliphatic rings. The van der Waals surface area contributed by atoms with Crippen molar-refractivity contribution in [2.75, 3.05) is 11.5 Å². The van der Waals surface area contributed by atoms with Gasteiger partial charge in [-0.1, -0.05) is 32.3 Å². The van der Waals surface area contributed by atoms with E-state index in [9.17, 15) is 4.79 Å². The average molecular weight is 240 g/mol. The Morgan fingerprint density at radius 1 is 1.47 bits per heavy atom. The van der Waals surface area contributed by atoms with E-state index in [2.05, 4.69) is 42.6 Å². The molecule has 0 bridgehead atoms. The van der Waals surface area contributed by atoms with E-state index in [-0.39, 0.29) is 5.12 Å². The predicted octanol–water partition coefficient (Wildman–Crippen LogP) is 2.44. The third-order valence-corrected chi connectivity index (χ3v) is 3.27. The summed E-state index contributed by atoms with van der Waals surface area (Å²) in [5, 5.41) is 3.01. The maximum absolute atomic E-state index is 10.9. The Bertz CT molecular complexity index is 345. The highest BCUT2D eigenvalue weighted by atomic mass is 32.1. The summed E-state index contributed by atoms with van der Waals surface area (Å²) >= 11 is 3.70. The first kappa shape index (κ1) is 12.3. The van der Waals surface area contributed by atoms with E-state index in [1.54, 1.807) is 12.3 Å². The number of anilines is 1. The van der Waals surface area contributed by atoms with Crippen molar-refractivity contribution in [3.8, 4) is 0 Å². The molecule has 0 amide bonds. The Labute approximate surface area is 96.7 Å². The minimum Gasteiger partial charge on any atom is -0.387 e. The predicted molar refractivity (Wildman–Crippen MR) is 69.4 cm³/mol. The summed E-state index contributed by atoms with van der Waals surface area (Å²) in [5.41, 5.74) is 1.34. The Kier molecular flexibility index (Phi) is 3.93. The zero-order valence-electron chi connectivity index (χ0n) is 9.24. The van der Waals surface area contributed by atoms with E-state index in [1.807, 2.05) is 6.07 Å². The average Bonchev–Trinajstić information content (AvgIpc) is 2.14. The van der Waals surface area contributed by atoms with Gasteiger partial charge in [-0.05, 0) is 12.1 Å². The Balaban J connectivity index is 2.61. The highest BCUT2D eigenvalue weighted by Crippen LogP contribution is 2.09. The molecule has 5 heteroatoms. The molecule has 1 aromatic rings. The van der Waals surface area contributed by atoms with Crippen molar-refractivity contribution in [3.63, 3.8) is 0 Å². The fourth-order valence-electron chi connectivity index (χ4n) is 0.992. The SMILES string of the molecule is C[Si](C)(C)CNc1ccc(C(=O)S)nc1. The van der Waals surface area contributed by atoms with E-state index >= 15 is 0 Å². The maximum atomic E-state index is 10.9. The second kappa shape index (κ2) is 4.81. The summed E-state index contributed by atoms with van der Waals surface area (Å²) in [7, 11) is -1.10. The van der Waals surface area contributed by atoms with Crippen LogP contribution in [0.4, 0.5) is 5.69 Å². The number of carbonyl (C=O) groups is 1. The highest BCUT2D eigenvalue weighted by Gasteiger charge is 2.12. The van der Waals surface area contributed by atoms with Crippen molar-refractivity contribution < 1.29 is 4.79 Å². The van der Waals surface area contributed by atoms with Gasteiger partial charge in [0.05, 0.1) is 20.0 Å². The number of nitrogens with one attached hydrogen (secondary N) is 1. The number of aromatic nitrogens is 1. The lowest BCUT2D eigenvalue weighted by atomic mass is 10.3. The zero-order chi connectivity index (χ0) is 11.5. The third-order valence-electron chi connectivity index (χ3n) is 1.81. The molecule has 0 spiro atoms. The first-order valence-electron chi connectivity index (χ1n) is 4.82. The van der Waals surface area contributed by atoms with Crippen LogP contribution in [0.3, 0.4) is 0 Å². The van der Waals surface area contributed by atoms with Crippen molar-refractivity contribution in [1.29, 1.82) is 0 Å². The van der Waals surface area contributed by atoms with Gasteiger partial charge in [-0.15, -0.1) is 0 Å². The van der Waals surface area contributed by atoms with Crippen LogP contribution in [0, 0.1) is 0 Å². The molecule has 0 aliphatic heterocycles. The minimum atomic E-state index is -1.10. The number of rotatable bonds is 4. The van der Waals surface area contributed by atoms with E-state index in [0.29, 0.717) is 5.69 Å². The van der Waals surface area contributed by atoms with Gasteiger partial charge in [-0.3, -0.25) is 9.78 Å². The molecular formula is C10H16N2OSSi. The van der Waals surface area contributed by atoms with Crippen LogP contribution in [0.2, 0.25) is 19.6 Å². The third kappa shape index (κ3) is 4.48. The lowest BCUT2D eigenvalue weighted by molar-refractivity contribution is 0.108.